The van der Waals surface area contributed by atoms with Gasteiger partial charge in [-0.25, -0.2) is 9.37 Å². The highest BCUT2D eigenvalue weighted by Crippen LogP contribution is 2.20. The number of nitrogens with one attached hydrogen (secondary N) is 1. The SMILES string of the molecule is CC(=O)c1csc(NC(=O)CSc2ccc(F)cc2)n1. The fourth-order valence-electron chi connectivity index (χ4n) is 1.33. The molecule has 1 aromatic heterocycles. The molecule has 1 heterocycles. The minimum Gasteiger partial charge on any atom is -0.301 e. The number of halogens is 1. The molecule has 1 N–H and O–H groups in total. The van der Waals surface area contributed by atoms with E-state index in [0.717, 1.165) is 4.90 Å². The third-order valence-electron chi connectivity index (χ3n) is 2.29. The molecule has 0 saturated heterocycles. The van der Waals surface area contributed by atoms with Gasteiger partial charge < -0.3 is 5.32 Å². The summed E-state index contributed by atoms with van der Waals surface area (Å²) in [5.41, 5.74) is 0.344. The van der Waals surface area contributed by atoms with E-state index in [1.807, 2.05) is 0 Å². The van der Waals surface area contributed by atoms with E-state index in [2.05, 4.69) is 10.3 Å². The predicted molar refractivity (Wildman–Crippen MR) is 77.9 cm³/mol. The zero-order valence-corrected chi connectivity index (χ0v) is 12.2. The van der Waals surface area contributed by atoms with Gasteiger partial charge in [-0.3, -0.25) is 9.59 Å². The molecule has 0 saturated carbocycles. The summed E-state index contributed by atoms with van der Waals surface area (Å²) in [6.07, 6.45) is 0. The topological polar surface area (TPSA) is 59.1 Å². The van der Waals surface area contributed by atoms with Crippen LogP contribution in [0.25, 0.3) is 0 Å². The van der Waals surface area contributed by atoms with Gasteiger partial charge in [0.25, 0.3) is 0 Å². The van der Waals surface area contributed by atoms with Crippen molar-refractivity contribution in [1.82, 2.24) is 4.98 Å². The van der Waals surface area contributed by atoms with Gasteiger partial charge in [-0.05, 0) is 24.3 Å². The number of aromatic nitrogens is 1. The summed E-state index contributed by atoms with van der Waals surface area (Å²) in [5, 5.41) is 4.63. The van der Waals surface area contributed by atoms with Crippen LogP contribution in [0.15, 0.2) is 34.5 Å². The number of amides is 1. The summed E-state index contributed by atoms with van der Waals surface area (Å²) < 4.78 is 12.7. The first-order chi connectivity index (χ1) is 9.54. The molecule has 2 rings (SSSR count). The van der Waals surface area contributed by atoms with Crippen LogP contribution in [-0.2, 0) is 4.79 Å². The van der Waals surface area contributed by atoms with E-state index in [9.17, 15) is 14.0 Å². The van der Waals surface area contributed by atoms with Crippen LogP contribution < -0.4 is 5.32 Å². The standard InChI is InChI=1S/C13H11FN2O2S2/c1-8(17)11-6-20-13(15-11)16-12(18)7-19-10-4-2-9(14)3-5-10/h2-6H,7H2,1H3,(H,15,16,18). The van der Waals surface area contributed by atoms with Crippen molar-refractivity contribution < 1.29 is 14.0 Å². The van der Waals surface area contributed by atoms with E-state index in [0.29, 0.717) is 10.8 Å². The molecule has 1 aromatic carbocycles. The average molecular weight is 310 g/mol. The van der Waals surface area contributed by atoms with Crippen LogP contribution in [0, 0.1) is 5.82 Å². The molecule has 1 amide bonds. The van der Waals surface area contributed by atoms with Gasteiger partial charge in [-0.15, -0.1) is 23.1 Å². The zero-order chi connectivity index (χ0) is 14.5. The van der Waals surface area contributed by atoms with Crippen LogP contribution in [0.2, 0.25) is 0 Å². The highest BCUT2D eigenvalue weighted by atomic mass is 32.2. The molecule has 0 spiro atoms. The lowest BCUT2D eigenvalue weighted by Gasteiger charge is -2.02. The number of nitrogens with zero attached hydrogens (tertiary/aromatic N) is 1. The Balaban J connectivity index is 1.85. The monoisotopic (exact) mass is 310 g/mol. The minimum atomic E-state index is -0.307. The summed E-state index contributed by atoms with van der Waals surface area (Å²) in [7, 11) is 0. The summed E-state index contributed by atoms with van der Waals surface area (Å²) in [4.78, 5) is 27.6. The summed E-state index contributed by atoms with van der Waals surface area (Å²) in [6, 6.07) is 5.93. The normalized spacial score (nSPS) is 10.3. The molecular formula is C13H11FN2O2S2. The van der Waals surface area contributed by atoms with Crippen LogP contribution >= 0.6 is 23.1 Å². The van der Waals surface area contributed by atoms with E-state index in [-0.39, 0.29) is 23.3 Å². The molecule has 0 aliphatic rings. The maximum atomic E-state index is 12.7. The first-order valence-corrected chi connectivity index (χ1v) is 7.56. The number of carbonyl (C=O) groups excluding carboxylic acids is 2. The highest BCUT2D eigenvalue weighted by molar-refractivity contribution is 8.00. The van der Waals surface area contributed by atoms with Gasteiger partial charge in [0.15, 0.2) is 10.9 Å². The zero-order valence-electron chi connectivity index (χ0n) is 10.6. The van der Waals surface area contributed by atoms with Gasteiger partial charge in [-0.2, -0.15) is 0 Å². The number of Topliss-reactive ketones (excluding diaryl/α,β-unsaturated/α-hetero) is 1. The van der Waals surface area contributed by atoms with Crippen molar-refractivity contribution >= 4 is 39.9 Å². The Morgan fingerprint density at radius 3 is 2.65 bits per heavy atom. The lowest BCUT2D eigenvalue weighted by Crippen LogP contribution is -2.14. The lowest BCUT2D eigenvalue weighted by atomic mass is 10.4. The van der Waals surface area contributed by atoms with Crippen LogP contribution in [0.5, 0.6) is 0 Å². The van der Waals surface area contributed by atoms with Crippen LogP contribution in [0.4, 0.5) is 9.52 Å². The van der Waals surface area contributed by atoms with Gasteiger partial charge in [0.1, 0.15) is 11.5 Å². The molecule has 4 nitrogen and oxygen atoms in total. The van der Waals surface area contributed by atoms with Gasteiger partial charge in [0.2, 0.25) is 5.91 Å². The lowest BCUT2D eigenvalue weighted by molar-refractivity contribution is -0.113. The van der Waals surface area contributed by atoms with Crippen molar-refractivity contribution in [1.29, 1.82) is 0 Å². The van der Waals surface area contributed by atoms with Crippen molar-refractivity contribution in [3.05, 3.63) is 41.2 Å². The van der Waals surface area contributed by atoms with E-state index >= 15 is 0 Å². The molecule has 0 atom stereocenters. The second-order valence-corrected chi connectivity index (χ2v) is 5.79. The Bertz CT molecular complexity index is 626. The highest BCUT2D eigenvalue weighted by Gasteiger charge is 2.09. The second-order valence-electron chi connectivity index (χ2n) is 3.88. The quantitative estimate of drug-likeness (QED) is 0.680. The molecular weight excluding hydrogens is 299 g/mol. The average Bonchev–Trinajstić information content (AvgIpc) is 2.87. The maximum absolute atomic E-state index is 12.7. The third kappa shape index (κ3) is 4.14. The molecule has 0 bridgehead atoms. The first-order valence-electron chi connectivity index (χ1n) is 5.69. The fraction of sp³-hybridized carbons (Fsp3) is 0.154. The number of hydrogen-bond donors (Lipinski definition) is 1. The van der Waals surface area contributed by atoms with E-state index in [1.165, 1.54) is 42.2 Å². The Hall–Kier alpha value is -1.73. The Morgan fingerprint density at radius 2 is 2.05 bits per heavy atom. The molecule has 0 aliphatic carbocycles. The predicted octanol–water partition coefficient (Wildman–Crippen LogP) is 3.22. The number of anilines is 1. The molecule has 20 heavy (non-hydrogen) atoms. The van der Waals surface area contributed by atoms with Gasteiger partial charge in [0.05, 0.1) is 5.75 Å². The summed E-state index contributed by atoms with van der Waals surface area (Å²) >= 11 is 2.51. The summed E-state index contributed by atoms with van der Waals surface area (Å²) in [5.74, 6) is -0.467. The number of thioether (sulfide) groups is 1. The van der Waals surface area contributed by atoms with Crippen molar-refractivity contribution in [3.63, 3.8) is 0 Å². The van der Waals surface area contributed by atoms with E-state index in [1.54, 1.807) is 17.5 Å². The van der Waals surface area contributed by atoms with Gasteiger partial charge >= 0.3 is 0 Å². The second kappa shape index (κ2) is 6.62. The van der Waals surface area contributed by atoms with Crippen LogP contribution in [-0.4, -0.2) is 22.4 Å². The molecule has 2 aromatic rings. The molecule has 7 heteroatoms. The Labute approximate surface area is 123 Å². The maximum Gasteiger partial charge on any atom is 0.236 e. The van der Waals surface area contributed by atoms with Crippen molar-refractivity contribution in [2.75, 3.05) is 11.1 Å². The largest absolute Gasteiger partial charge is 0.301 e. The smallest absolute Gasteiger partial charge is 0.236 e. The Kier molecular flexibility index (Phi) is 4.86. The summed E-state index contributed by atoms with van der Waals surface area (Å²) in [6.45, 7) is 1.42. The number of benzene rings is 1. The van der Waals surface area contributed by atoms with Crippen molar-refractivity contribution in [3.8, 4) is 0 Å². The number of thiazole rings is 1. The third-order valence-corrected chi connectivity index (χ3v) is 4.06. The molecule has 0 unspecified atom stereocenters. The van der Waals surface area contributed by atoms with Crippen LogP contribution in [0.3, 0.4) is 0 Å². The fourth-order valence-corrected chi connectivity index (χ4v) is 2.79. The van der Waals surface area contributed by atoms with E-state index < -0.39 is 0 Å². The number of ketones is 1. The van der Waals surface area contributed by atoms with Crippen LogP contribution in [0.1, 0.15) is 17.4 Å². The molecule has 0 radical (unpaired) electrons. The molecule has 0 aliphatic heterocycles. The molecule has 104 valence electrons. The number of rotatable bonds is 5. The van der Waals surface area contributed by atoms with Gasteiger partial charge in [0, 0.05) is 17.2 Å². The van der Waals surface area contributed by atoms with E-state index in [4.69, 9.17) is 0 Å². The number of hydrogen-bond acceptors (Lipinski definition) is 5. The van der Waals surface area contributed by atoms with Crippen molar-refractivity contribution in [2.45, 2.75) is 11.8 Å². The van der Waals surface area contributed by atoms with Gasteiger partial charge in [-0.1, -0.05) is 0 Å². The first kappa shape index (κ1) is 14.7. The molecule has 0 fully saturated rings. The van der Waals surface area contributed by atoms with Crippen molar-refractivity contribution in [2.24, 2.45) is 0 Å². The number of carbonyl (C=O) groups is 2. The Morgan fingerprint density at radius 1 is 1.35 bits per heavy atom. The minimum absolute atomic E-state index is 0.137.